The molecule has 6 rings (SSSR count). The molecule has 1 N–H and O–H groups in total. The first-order valence-corrected chi connectivity index (χ1v) is 12.6. The number of thiophene rings is 1. The SMILES string of the molecule is Cc1c(C(=O)N2CC=C(c3c[nH]c4cc(F)ccc34)CC2)sc2nc3n(c(=O)c12)CCCCC3. The second-order valence-corrected chi connectivity index (χ2v) is 10.2. The Morgan fingerprint density at radius 2 is 2.06 bits per heavy atom. The molecule has 0 aliphatic carbocycles. The standard InChI is InChI=1S/C26H25FN4O2S/c1-15-22-24(29-21-5-3-2-4-10-31(21)25(22)32)34-23(15)26(33)30-11-8-16(9-12-30)19-14-28-20-13-17(27)6-7-18(19)20/h6-8,13-14,28H,2-5,9-12H2,1H3. The summed E-state index contributed by atoms with van der Waals surface area (Å²) in [6.07, 6.45) is 8.66. The van der Waals surface area contributed by atoms with E-state index in [1.165, 1.54) is 23.5 Å². The molecule has 1 aromatic carbocycles. The normalized spacial score (nSPS) is 16.5. The molecule has 1 amide bonds. The lowest BCUT2D eigenvalue weighted by Gasteiger charge is -2.26. The minimum Gasteiger partial charge on any atom is -0.360 e. The molecule has 0 bridgehead atoms. The zero-order valence-corrected chi connectivity index (χ0v) is 19.8. The van der Waals surface area contributed by atoms with Gasteiger partial charge in [0.25, 0.3) is 11.5 Å². The van der Waals surface area contributed by atoms with E-state index in [0.717, 1.165) is 65.5 Å². The summed E-state index contributed by atoms with van der Waals surface area (Å²) in [7, 11) is 0. The molecule has 5 heterocycles. The lowest BCUT2D eigenvalue weighted by atomic mass is 9.98. The third-order valence-electron chi connectivity index (χ3n) is 7.09. The Morgan fingerprint density at radius 1 is 1.18 bits per heavy atom. The summed E-state index contributed by atoms with van der Waals surface area (Å²) in [4.78, 5) is 37.7. The van der Waals surface area contributed by atoms with Crippen LogP contribution in [0.15, 0.2) is 35.3 Å². The van der Waals surface area contributed by atoms with E-state index in [1.807, 2.05) is 22.6 Å². The molecule has 0 saturated carbocycles. The molecular weight excluding hydrogens is 451 g/mol. The number of fused-ring (bicyclic) bond motifs is 3. The topological polar surface area (TPSA) is 71.0 Å². The Hall–Kier alpha value is -3.26. The van der Waals surface area contributed by atoms with Crippen LogP contribution in [-0.4, -0.2) is 38.4 Å². The van der Waals surface area contributed by atoms with Gasteiger partial charge in [-0.15, -0.1) is 11.3 Å². The number of amides is 1. The lowest BCUT2D eigenvalue weighted by Crippen LogP contribution is -2.34. The van der Waals surface area contributed by atoms with Crippen LogP contribution in [0, 0.1) is 12.7 Å². The first kappa shape index (κ1) is 21.3. The molecule has 4 aromatic rings. The van der Waals surface area contributed by atoms with E-state index in [1.54, 1.807) is 6.07 Å². The summed E-state index contributed by atoms with van der Waals surface area (Å²) in [6.45, 7) is 3.67. The van der Waals surface area contributed by atoms with Gasteiger partial charge in [0.05, 0.1) is 10.3 Å². The quantitative estimate of drug-likeness (QED) is 0.441. The zero-order chi connectivity index (χ0) is 23.4. The number of rotatable bonds is 2. The number of carbonyl (C=O) groups is 1. The zero-order valence-electron chi connectivity index (χ0n) is 19.0. The van der Waals surface area contributed by atoms with Crippen molar-refractivity contribution in [3.8, 4) is 0 Å². The molecule has 0 spiro atoms. The van der Waals surface area contributed by atoms with Gasteiger partial charge in [-0.1, -0.05) is 12.5 Å². The van der Waals surface area contributed by atoms with E-state index in [0.29, 0.717) is 34.7 Å². The number of aryl methyl sites for hydroxylation is 2. The molecule has 8 heteroatoms. The van der Waals surface area contributed by atoms with Gasteiger partial charge in [0.2, 0.25) is 0 Å². The van der Waals surface area contributed by atoms with Crippen LogP contribution in [0.1, 0.15) is 52.3 Å². The van der Waals surface area contributed by atoms with E-state index in [4.69, 9.17) is 4.98 Å². The number of benzene rings is 1. The molecule has 3 aromatic heterocycles. The average molecular weight is 477 g/mol. The molecule has 0 fully saturated rings. The highest BCUT2D eigenvalue weighted by Gasteiger charge is 2.27. The fourth-order valence-corrected chi connectivity index (χ4v) is 6.38. The van der Waals surface area contributed by atoms with Crippen LogP contribution in [0.25, 0.3) is 26.7 Å². The van der Waals surface area contributed by atoms with Crippen LogP contribution in [0.5, 0.6) is 0 Å². The van der Waals surface area contributed by atoms with Crippen molar-refractivity contribution >= 4 is 43.9 Å². The van der Waals surface area contributed by atoms with Crippen LogP contribution in [-0.2, 0) is 13.0 Å². The maximum Gasteiger partial charge on any atom is 0.264 e. The number of H-pyrrole nitrogens is 1. The summed E-state index contributed by atoms with van der Waals surface area (Å²) >= 11 is 1.34. The lowest BCUT2D eigenvalue weighted by molar-refractivity contribution is 0.0777. The molecule has 0 radical (unpaired) electrons. The van der Waals surface area contributed by atoms with Gasteiger partial charge in [-0.05, 0) is 55.5 Å². The molecule has 2 aliphatic heterocycles. The second-order valence-electron chi connectivity index (χ2n) is 9.15. The number of hydrogen-bond donors (Lipinski definition) is 1. The average Bonchev–Trinajstić information content (AvgIpc) is 3.30. The molecule has 34 heavy (non-hydrogen) atoms. The number of nitrogens with zero attached hydrogens (tertiary/aromatic N) is 3. The minimum atomic E-state index is -0.264. The largest absolute Gasteiger partial charge is 0.360 e. The third kappa shape index (κ3) is 3.39. The summed E-state index contributed by atoms with van der Waals surface area (Å²) in [5.74, 6) is 0.537. The highest BCUT2D eigenvalue weighted by Crippen LogP contribution is 2.33. The Bertz CT molecular complexity index is 1540. The molecule has 2 aliphatic rings. The number of nitrogens with one attached hydrogen (secondary N) is 1. The number of aromatic amines is 1. The van der Waals surface area contributed by atoms with E-state index in [-0.39, 0.29) is 17.3 Å². The molecule has 0 saturated heterocycles. The van der Waals surface area contributed by atoms with Crippen molar-refractivity contribution in [3.63, 3.8) is 0 Å². The highest BCUT2D eigenvalue weighted by molar-refractivity contribution is 7.20. The Balaban J connectivity index is 1.30. The van der Waals surface area contributed by atoms with E-state index in [9.17, 15) is 14.0 Å². The van der Waals surface area contributed by atoms with Crippen LogP contribution >= 0.6 is 11.3 Å². The van der Waals surface area contributed by atoms with Crippen molar-refractivity contribution in [1.82, 2.24) is 19.4 Å². The second kappa shape index (κ2) is 8.20. The van der Waals surface area contributed by atoms with Crippen LogP contribution in [0.3, 0.4) is 0 Å². The molecule has 0 unspecified atom stereocenters. The van der Waals surface area contributed by atoms with E-state index >= 15 is 0 Å². The van der Waals surface area contributed by atoms with Crippen molar-refractivity contribution in [2.45, 2.75) is 45.6 Å². The summed E-state index contributed by atoms with van der Waals surface area (Å²) in [5, 5.41) is 1.58. The molecule has 6 nitrogen and oxygen atoms in total. The van der Waals surface area contributed by atoms with Crippen molar-refractivity contribution in [2.75, 3.05) is 13.1 Å². The fourth-order valence-electron chi connectivity index (χ4n) is 5.22. The molecule has 174 valence electrons. The third-order valence-corrected chi connectivity index (χ3v) is 8.27. The van der Waals surface area contributed by atoms with Gasteiger partial charge in [-0.25, -0.2) is 9.37 Å². The van der Waals surface area contributed by atoms with Gasteiger partial charge in [0.15, 0.2) is 0 Å². The van der Waals surface area contributed by atoms with Crippen molar-refractivity contribution in [3.05, 3.63) is 68.5 Å². The Labute approximate surface area is 199 Å². The monoisotopic (exact) mass is 476 g/mol. The fraction of sp³-hybridized carbons (Fsp3) is 0.346. The summed E-state index contributed by atoms with van der Waals surface area (Å²) in [6, 6.07) is 4.76. The maximum absolute atomic E-state index is 13.5. The first-order chi connectivity index (χ1) is 16.5. The van der Waals surface area contributed by atoms with Gasteiger partial charge in [-0.3, -0.25) is 14.2 Å². The van der Waals surface area contributed by atoms with Crippen LogP contribution in [0.2, 0.25) is 0 Å². The van der Waals surface area contributed by atoms with Crippen LogP contribution in [0.4, 0.5) is 4.39 Å². The van der Waals surface area contributed by atoms with Gasteiger partial charge in [0.1, 0.15) is 16.5 Å². The first-order valence-electron chi connectivity index (χ1n) is 11.8. The van der Waals surface area contributed by atoms with Crippen molar-refractivity contribution in [2.24, 2.45) is 0 Å². The number of carbonyl (C=O) groups excluding carboxylic acids is 1. The van der Waals surface area contributed by atoms with Crippen LogP contribution < -0.4 is 5.56 Å². The summed E-state index contributed by atoms with van der Waals surface area (Å²) < 4.78 is 15.3. The van der Waals surface area contributed by atoms with Gasteiger partial charge in [-0.2, -0.15) is 0 Å². The van der Waals surface area contributed by atoms with E-state index in [2.05, 4.69) is 11.1 Å². The Morgan fingerprint density at radius 3 is 2.88 bits per heavy atom. The predicted molar refractivity (Wildman–Crippen MR) is 133 cm³/mol. The molecular formula is C26H25FN4O2S. The minimum absolute atomic E-state index is 0.00806. The maximum atomic E-state index is 13.5. The smallest absolute Gasteiger partial charge is 0.264 e. The number of halogens is 1. The summed E-state index contributed by atoms with van der Waals surface area (Å²) in [5.41, 5.74) is 3.71. The Kier molecular flexibility index (Phi) is 5.13. The highest BCUT2D eigenvalue weighted by atomic mass is 32.1. The predicted octanol–water partition coefficient (Wildman–Crippen LogP) is 5.04. The number of hydrogen-bond acceptors (Lipinski definition) is 4. The van der Waals surface area contributed by atoms with Gasteiger partial charge >= 0.3 is 0 Å². The van der Waals surface area contributed by atoms with Crippen molar-refractivity contribution in [1.29, 1.82) is 0 Å². The van der Waals surface area contributed by atoms with Gasteiger partial charge < -0.3 is 9.88 Å². The molecule has 0 atom stereocenters. The van der Waals surface area contributed by atoms with Gasteiger partial charge in [0, 0.05) is 48.7 Å². The van der Waals surface area contributed by atoms with Crippen molar-refractivity contribution < 1.29 is 9.18 Å². The number of aromatic nitrogens is 3. The van der Waals surface area contributed by atoms with E-state index < -0.39 is 0 Å².